The molecule has 6 heteroatoms. The Hall–Kier alpha value is -2.47. The van der Waals surface area contributed by atoms with Gasteiger partial charge in [-0.1, -0.05) is 0 Å². The van der Waals surface area contributed by atoms with E-state index < -0.39 is 0 Å². The van der Waals surface area contributed by atoms with E-state index in [4.69, 9.17) is 5.11 Å². The molecule has 0 fully saturated rings. The van der Waals surface area contributed by atoms with Crippen molar-refractivity contribution in [1.82, 2.24) is 0 Å². The van der Waals surface area contributed by atoms with Crippen LogP contribution in [0.2, 0.25) is 0 Å². The van der Waals surface area contributed by atoms with Crippen LogP contribution in [-0.4, -0.2) is 25.3 Å². The minimum atomic E-state index is 0.106. The molecule has 2 rings (SSSR count). The number of pyridine rings is 1. The monoisotopic (exact) mass is 286 g/mol. The van der Waals surface area contributed by atoms with Crippen molar-refractivity contribution in [2.24, 2.45) is 10.2 Å². The fourth-order valence-electron chi connectivity index (χ4n) is 1.83. The Morgan fingerprint density at radius 3 is 2.52 bits per heavy atom. The number of hydrogen-bond acceptors (Lipinski definition) is 5. The average molecular weight is 286 g/mol. The van der Waals surface area contributed by atoms with Gasteiger partial charge in [0.2, 0.25) is 0 Å². The average Bonchev–Trinajstić information content (AvgIpc) is 2.49. The Labute approximate surface area is 123 Å². The highest BCUT2D eigenvalue weighted by molar-refractivity contribution is 5.52. The van der Waals surface area contributed by atoms with E-state index in [-0.39, 0.29) is 12.4 Å². The van der Waals surface area contributed by atoms with Crippen molar-refractivity contribution in [2.45, 2.75) is 6.92 Å². The van der Waals surface area contributed by atoms with Crippen LogP contribution in [0.15, 0.2) is 52.7 Å². The Kier molecular flexibility index (Phi) is 4.84. The molecule has 6 nitrogen and oxygen atoms in total. The first-order valence-electron chi connectivity index (χ1n) is 6.65. The molecule has 0 saturated heterocycles. The number of aryl methyl sites for hydroxylation is 1. The second-order valence-corrected chi connectivity index (χ2v) is 4.68. The number of aliphatic hydroxyl groups excluding tert-OH is 1. The van der Waals surface area contributed by atoms with Gasteiger partial charge in [-0.15, -0.1) is 0 Å². The number of aliphatic hydroxyl groups is 1. The van der Waals surface area contributed by atoms with Crippen molar-refractivity contribution in [3.8, 4) is 0 Å². The molecule has 1 heterocycles. The number of hydrogen-bond donors (Lipinski definition) is 1. The molecule has 0 bridgehead atoms. The molecule has 0 amide bonds. The fraction of sp³-hybridized carbons (Fsp3) is 0.267. The first kappa shape index (κ1) is 14.9. The zero-order valence-electron chi connectivity index (χ0n) is 12.1. The third-order valence-corrected chi connectivity index (χ3v) is 3.10. The molecular formula is C15H18N4O2. The van der Waals surface area contributed by atoms with E-state index in [9.17, 15) is 5.21 Å². The number of benzene rings is 1. The van der Waals surface area contributed by atoms with E-state index in [1.165, 1.54) is 0 Å². The van der Waals surface area contributed by atoms with Crippen LogP contribution in [-0.2, 0) is 0 Å². The normalized spacial score (nSPS) is 11.0. The van der Waals surface area contributed by atoms with E-state index in [0.717, 1.165) is 10.4 Å². The lowest BCUT2D eigenvalue weighted by molar-refractivity contribution is -0.598. The molecule has 1 N–H and O–H groups in total. The summed E-state index contributed by atoms with van der Waals surface area (Å²) in [4.78, 5) is 1.94. The van der Waals surface area contributed by atoms with Crippen molar-refractivity contribution >= 4 is 17.2 Å². The van der Waals surface area contributed by atoms with Crippen LogP contribution in [0.25, 0.3) is 0 Å². The number of anilines is 1. The summed E-state index contributed by atoms with van der Waals surface area (Å²) in [5, 5.41) is 28.7. The summed E-state index contributed by atoms with van der Waals surface area (Å²) in [7, 11) is 1.90. The fourth-order valence-corrected chi connectivity index (χ4v) is 1.83. The molecule has 1 aromatic carbocycles. The van der Waals surface area contributed by atoms with Gasteiger partial charge in [-0.3, -0.25) is 0 Å². The molecule has 0 atom stereocenters. The van der Waals surface area contributed by atoms with Gasteiger partial charge in [-0.25, -0.2) is 4.73 Å². The maximum absolute atomic E-state index is 11.7. The maximum Gasteiger partial charge on any atom is 0.353 e. The third-order valence-electron chi connectivity index (χ3n) is 3.10. The molecule has 0 radical (unpaired) electrons. The minimum Gasteiger partial charge on any atom is -0.710 e. The van der Waals surface area contributed by atoms with Gasteiger partial charge >= 0.3 is 5.82 Å². The molecule has 0 aliphatic heterocycles. The summed E-state index contributed by atoms with van der Waals surface area (Å²) in [6, 6.07) is 12.5. The van der Waals surface area contributed by atoms with Crippen molar-refractivity contribution in [3.05, 3.63) is 53.4 Å². The molecule has 2 aromatic rings. The first-order valence-corrected chi connectivity index (χ1v) is 6.65. The van der Waals surface area contributed by atoms with Crippen LogP contribution in [0.3, 0.4) is 0 Å². The smallest absolute Gasteiger partial charge is 0.353 e. The van der Waals surface area contributed by atoms with Crippen molar-refractivity contribution < 1.29 is 9.84 Å². The topological polar surface area (TPSA) is 75.1 Å². The zero-order valence-corrected chi connectivity index (χ0v) is 12.1. The molecule has 21 heavy (non-hydrogen) atoms. The quantitative estimate of drug-likeness (QED) is 0.521. The maximum atomic E-state index is 11.7. The molecule has 0 unspecified atom stereocenters. The largest absolute Gasteiger partial charge is 0.710 e. The summed E-state index contributed by atoms with van der Waals surface area (Å²) in [5.74, 6) is 0.261. The van der Waals surface area contributed by atoms with Crippen molar-refractivity contribution in [2.75, 3.05) is 25.1 Å². The van der Waals surface area contributed by atoms with Gasteiger partial charge in [0, 0.05) is 25.3 Å². The molecule has 0 spiro atoms. The van der Waals surface area contributed by atoms with E-state index in [1.807, 2.05) is 36.2 Å². The Balaban J connectivity index is 2.13. The molecule has 0 aliphatic rings. The zero-order chi connectivity index (χ0) is 15.2. The number of rotatable bonds is 5. The Morgan fingerprint density at radius 1 is 1.14 bits per heavy atom. The standard InChI is InChI=1S/C15H18N4O2/c1-12-4-3-5-15(19(12)21)17-16-13-6-8-14(9-7-13)18(2)10-11-20/h3-9,20H,10-11H2,1-2H3. The first-order chi connectivity index (χ1) is 10.1. The van der Waals surface area contributed by atoms with Gasteiger partial charge in [0.05, 0.1) is 11.7 Å². The number of azo groups is 1. The van der Waals surface area contributed by atoms with E-state index in [1.54, 1.807) is 25.1 Å². The number of likely N-dealkylation sites (N-methyl/N-ethyl adjacent to an activating group) is 1. The van der Waals surface area contributed by atoms with E-state index in [2.05, 4.69) is 10.2 Å². The van der Waals surface area contributed by atoms with Gasteiger partial charge in [0.15, 0.2) is 0 Å². The van der Waals surface area contributed by atoms with Crippen LogP contribution in [0.5, 0.6) is 0 Å². The van der Waals surface area contributed by atoms with E-state index in [0.29, 0.717) is 17.9 Å². The highest BCUT2D eigenvalue weighted by Crippen LogP contribution is 2.20. The van der Waals surface area contributed by atoms with Crippen LogP contribution in [0, 0.1) is 12.1 Å². The summed E-state index contributed by atoms with van der Waals surface area (Å²) in [5.41, 5.74) is 2.22. The molecule has 0 aliphatic carbocycles. The van der Waals surface area contributed by atoms with Crippen LogP contribution in [0.1, 0.15) is 5.69 Å². The van der Waals surface area contributed by atoms with Crippen LogP contribution in [0.4, 0.5) is 17.2 Å². The van der Waals surface area contributed by atoms with Crippen LogP contribution < -0.4 is 9.63 Å². The van der Waals surface area contributed by atoms with Gasteiger partial charge in [-0.05, 0) is 48.4 Å². The summed E-state index contributed by atoms with van der Waals surface area (Å²) in [6.07, 6.45) is 0. The molecule has 0 saturated carbocycles. The van der Waals surface area contributed by atoms with Crippen molar-refractivity contribution in [3.63, 3.8) is 0 Å². The molecule has 1 aromatic heterocycles. The lowest BCUT2D eigenvalue weighted by atomic mass is 10.2. The minimum absolute atomic E-state index is 0.106. The number of nitrogens with zero attached hydrogens (tertiary/aromatic N) is 4. The second kappa shape index (κ2) is 6.81. The van der Waals surface area contributed by atoms with Gasteiger partial charge in [0.1, 0.15) is 11.4 Å². The number of aromatic nitrogens is 1. The predicted molar refractivity (Wildman–Crippen MR) is 81.1 cm³/mol. The second-order valence-electron chi connectivity index (χ2n) is 4.68. The summed E-state index contributed by atoms with van der Waals surface area (Å²) in [6.45, 7) is 2.40. The molecular weight excluding hydrogens is 268 g/mol. The SMILES string of the molecule is Cc1cccc(N=Nc2ccc(N(C)CCO)cc2)[n+]1[O-]. The van der Waals surface area contributed by atoms with E-state index >= 15 is 0 Å². The van der Waals surface area contributed by atoms with Crippen LogP contribution >= 0.6 is 0 Å². The lowest BCUT2D eigenvalue weighted by Crippen LogP contribution is -2.29. The summed E-state index contributed by atoms with van der Waals surface area (Å²) >= 11 is 0. The predicted octanol–water partition coefficient (Wildman–Crippen LogP) is 2.47. The highest BCUT2D eigenvalue weighted by atomic mass is 16.5. The van der Waals surface area contributed by atoms with Crippen molar-refractivity contribution in [1.29, 1.82) is 0 Å². The highest BCUT2D eigenvalue weighted by Gasteiger charge is 2.06. The lowest BCUT2D eigenvalue weighted by Gasteiger charge is -2.17. The Morgan fingerprint density at radius 2 is 1.86 bits per heavy atom. The Bertz CT molecular complexity index is 626. The third kappa shape index (κ3) is 3.76. The van der Waals surface area contributed by atoms with Gasteiger partial charge < -0.3 is 15.2 Å². The van der Waals surface area contributed by atoms with Gasteiger partial charge in [0.25, 0.3) is 0 Å². The summed E-state index contributed by atoms with van der Waals surface area (Å²) < 4.78 is 0.743. The molecule has 110 valence electrons. The van der Waals surface area contributed by atoms with Gasteiger partial charge in [-0.2, -0.15) is 0 Å².